The standard InChI is InChI=1S/C13H20ClN3/c1-15-12(8-10-6-4-3-5-7-10)13-11(14)9-16-17(13)2/h6,9,12,15H,3-5,7-8H2,1-2H3. The van der Waals surface area contributed by atoms with E-state index >= 15 is 0 Å². The van der Waals surface area contributed by atoms with Crippen LogP contribution in [0.4, 0.5) is 0 Å². The molecule has 0 spiro atoms. The van der Waals surface area contributed by atoms with Gasteiger partial charge in [-0.3, -0.25) is 4.68 Å². The van der Waals surface area contributed by atoms with E-state index in [-0.39, 0.29) is 6.04 Å². The highest BCUT2D eigenvalue weighted by Gasteiger charge is 2.19. The Kier molecular flexibility index (Phi) is 4.24. The molecule has 0 saturated heterocycles. The summed E-state index contributed by atoms with van der Waals surface area (Å²) in [6.45, 7) is 0. The second-order valence-electron chi connectivity index (χ2n) is 4.65. The van der Waals surface area contributed by atoms with Crippen LogP contribution in [0.5, 0.6) is 0 Å². The van der Waals surface area contributed by atoms with Crippen molar-refractivity contribution in [3.05, 3.63) is 28.6 Å². The number of hydrogen-bond donors (Lipinski definition) is 1. The molecule has 0 bridgehead atoms. The first-order chi connectivity index (χ1) is 8.22. The van der Waals surface area contributed by atoms with Gasteiger partial charge in [0.15, 0.2) is 0 Å². The summed E-state index contributed by atoms with van der Waals surface area (Å²) < 4.78 is 1.87. The van der Waals surface area contributed by atoms with Crippen LogP contribution in [0.3, 0.4) is 0 Å². The van der Waals surface area contributed by atoms with Crippen LogP contribution in [0.1, 0.15) is 43.8 Å². The van der Waals surface area contributed by atoms with Crippen molar-refractivity contribution in [1.82, 2.24) is 15.1 Å². The molecule has 1 aromatic rings. The van der Waals surface area contributed by atoms with Gasteiger partial charge in [0.2, 0.25) is 0 Å². The van der Waals surface area contributed by atoms with Crippen LogP contribution in [-0.2, 0) is 7.05 Å². The third-order valence-corrected chi connectivity index (χ3v) is 3.76. The largest absolute Gasteiger partial charge is 0.311 e. The van der Waals surface area contributed by atoms with Crippen molar-refractivity contribution in [2.24, 2.45) is 7.05 Å². The summed E-state index contributed by atoms with van der Waals surface area (Å²) in [5.41, 5.74) is 2.63. The monoisotopic (exact) mass is 253 g/mol. The summed E-state index contributed by atoms with van der Waals surface area (Å²) in [5, 5.41) is 8.30. The van der Waals surface area contributed by atoms with E-state index in [4.69, 9.17) is 11.6 Å². The second-order valence-corrected chi connectivity index (χ2v) is 5.06. The summed E-state index contributed by atoms with van der Waals surface area (Å²) in [6, 6.07) is 0.263. The van der Waals surface area contributed by atoms with Gasteiger partial charge in [0.05, 0.1) is 23.0 Å². The lowest BCUT2D eigenvalue weighted by atomic mass is 9.93. The highest BCUT2D eigenvalue weighted by atomic mass is 35.5. The van der Waals surface area contributed by atoms with Gasteiger partial charge >= 0.3 is 0 Å². The zero-order valence-electron chi connectivity index (χ0n) is 10.5. The Morgan fingerprint density at radius 2 is 2.35 bits per heavy atom. The van der Waals surface area contributed by atoms with Gasteiger partial charge in [-0.05, 0) is 39.2 Å². The molecule has 1 aliphatic carbocycles. The number of aryl methyl sites for hydroxylation is 1. The van der Waals surface area contributed by atoms with Gasteiger partial charge in [0, 0.05) is 7.05 Å². The average molecular weight is 254 g/mol. The molecule has 1 aromatic heterocycles. The Hall–Kier alpha value is -0.800. The maximum absolute atomic E-state index is 6.19. The molecule has 2 rings (SSSR count). The molecule has 94 valence electrons. The van der Waals surface area contributed by atoms with Crippen LogP contribution in [0.25, 0.3) is 0 Å². The number of nitrogens with zero attached hydrogens (tertiary/aromatic N) is 2. The fraction of sp³-hybridized carbons (Fsp3) is 0.615. The molecule has 1 unspecified atom stereocenters. The molecule has 0 saturated carbocycles. The number of nitrogens with one attached hydrogen (secondary N) is 1. The lowest BCUT2D eigenvalue weighted by Crippen LogP contribution is -2.20. The second kappa shape index (κ2) is 5.69. The Balaban J connectivity index is 2.14. The van der Waals surface area contributed by atoms with Gasteiger partial charge in [-0.2, -0.15) is 5.10 Å². The van der Waals surface area contributed by atoms with Crippen LogP contribution in [0.15, 0.2) is 17.8 Å². The SMILES string of the molecule is CNC(CC1=CCCCC1)c1c(Cl)cnn1C. The maximum Gasteiger partial charge on any atom is 0.0834 e. The van der Waals surface area contributed by atoms with Gasteiger partial charge in [-0.15, -0.1) is 0 Å². The molecule has 0 aliphatic heterocycles. The first kappa shape index (κ1) is 12.7. The van der Waals surface area contributed by atoms with Crippen molar-refractivity contribution in [2.75, 3.05) is 7.05 Å². The summed E-state index contributed by atoms with van der Waals surface area (Å²) in [4.78, 5) is 0. The first-order valence-electron chi connectivity index (χ1n) is 6.25. The summed E-state index contributed by atoms with van der Waals surface area (Å²) in [5.74, 6) is 0. The highest BCUT2D eigenvalue weighted by molar-refractivity contribution is 6.31. The molecule has 1 aliphatic rings. The van der Waals surface area contributed by atoms with E-state index in [2.05, 4.69) is 16.5 Å². The molecule has 1 atom stereocenters. The molecule has 0 fully saturated rings. The van der Waals surface area contributed by atoms with Gasteiger partial charge < -0.3 is 5.32 Å². The van der Waals surface area contributed by atoms with Crippen LogP contribution in [0.2, 0.25) is 5.02 Å². The van der Waals surface area contributed by atoms with E-state index in [0.29, 0.717) is 0 Å². The van der Waals surface area contributed by atoms with Gasteiger partial charge in [0.1, 0.15) is 0 Å². The van der Waals surface area contributed by atoms with Gasteiger partial charge in [-0.25, -0.2) is 0 Å². The van der Waals surface area contributed by atoms with E-state index in [1.54, 1.807) is 11.8 Å². The Bertz CT molecular complexity index is 389. The van der Waals surface area contributed by atoms with Crippen molar-refractivity contribution in [3.63, 3.8) is 0 Å². The molecule has 4 heteroatoms. The number of aromatic nitrogens is 2. The van der Waals surface area contributed by atoms with E-state index < -0.39 is 0 Å². The number of halogens is 1. The smallest absolute Gasteiger partial charge is 0.0834 e. The lowest BCUT2D eigenvalue weighted by molar-refractivity contribution is 0.518. The molecular weight excluding hydrogens is 234 g/mol. The fourth-order valence-corrected chi connectivity index (χ4v) is 2.80. The summed E-state index contributed by atoms with van der Waals surface area (Å²) >= 11 is 6.19. The normalized spacial score (nSPS) is 17.9. The quantitative estimate of drug-likeness (QED) is 0.835. The van der Waals surface area contributed by atoms with Gasteiger partial charge in [-0.1, -0.05) is 23.3 Å². The maximum atomic E-state index is 6.19. The minimum atomic E-state index is 0.263. The van der Waals surface area contributed by atoms with Crippen molar-refractivity contribution in [3.8, 4) is 0 Å². The zero-order chi connectivity index (χ0) is 12.3. The topological polar surface area (TPSA) is 29.9 Å². The minimum Gasteiger partial charge on any atom is -0.311 e. The van der Waals surface area contributed by atoms with E-state index in [1.807, 2.05) is 18.8 Å². The Labute approximate surface area is 108 Å². The fourth-order valence-electron chi connectivity index (χ4n) is 2.50. The average Bonchev–Trinajstić information content (AvgIpc) is 2.68. The van der Waals surface area contributed by atoms with E-state index in [1.165, 1.54) is 25.7 Å². The molecule has 1 heterocycles. The van der Waals surface area contributed by atoms with Crippen LogP contribution < -0.4 is 5.32 Å². The number of rotatable bonds is 4. The van der Waals surface area contributed by atoms with Crippen molar-refractivity contribution in [1.29, 1.82) is 0 Å². The van der Waals surface area contributed by atoms with Crippen LogP contribution in [0, 0.1) is 0 Å². The number of allylic oxidation sites excluding steroid dienone is 1. The molecular formula is C13H20ClN3. The number of hydrogen-bond acceptors (Lipinski definition) is 2. The van der Waals surface area contributed by atoms with Crippen molar-refractivity contribution in [2.45, 2.75) is 38.1 Å². The molecule has 17 heavy (non-hydrogen) atoms. The van der Waals surface area contributed by atoms with E-state index in [0.717, 1.165) is 17.1 Å². The minimum absolute atomic E-state index is 0.263. The highest BCUT2D eigenvalue weighted by Crippen LogP contribution is 2.30. The Morgan fingerprint density at radius 3 is 2.88 bits per heavy atom. The van der Waals surface area contributed by atoms with Crippen molar-refractivity contribution < 1.29 is 0 Å². The third kappa shape index (κ3) is 2.90. The molecule has 0 aromatic carbocycles. The molecule has 3 nitrogen and oxygen atoms in total. The summed E-state index contributed by atoms with van der Waals surface area (Å²) in [6.07, 6.45) is 10.3. The third-order valence-electron chi connectivity index (χ3n) is 3.47. The zero-order valence-corrected chi connectivity index (χ0v) is 11.3. The lowest BCUT2D eigenvalue weighted by Gasteiger charge is -2.21. The van der Waals surface area contributed by atoms with Crippen LogP contribution >= 0.6 is 11.6 Å². The predicted octanol–water partition coefficient (Wildman–Crippen LogP) is 3.22. The van der Waals surface area contributed by atoms with Crippen LogP contribution in [-0.4, -0.2) is 16.8 Å². The molecule has 1 N–H and O–H groups in total. The molecule has 0 radical (unpaired) electrons. The molecule has 0 amide bonds. The first-order valence-corrected chi connectivity index (χ1v) is 6.62. The van der Waals surface area contributed by atoms with Gasteiger partial charge in [0.25, 0.3) is 0 Å². The van der Waals surface area contributed by atoms with Crippen molar-refractivity contribution >= 4 is 11.6 Å². The predicted molar refractivity (Wildman–Crippen MR) is 71.2 cm³/mol. The Morgan fingerprint density at radius 1 is 1.53 bits per heavy atom. The van der Waals surface area contributed by atoms with E-state index in [9.17, 15) is 0 Å². The summed E-state index contributed by atoms with van der Waals surface area (Å²) in [7, 11) is 3.93.